The summed E-state index contributed by atoms with van der Waals surface area (Å²) in [5.41, 5.74) is 3.43. The highest BCUT2D eigenvalue weighted by Crippen LogP contribution is 2.46. The van der Waals surface area contributed by atoms with Crippen LogP contribution < -0.4 is 20.9 Å². The molecule has 1 saturated carbocycles. The van der Waals surface area contributed by atoms with Gasteiger partial charge in [-0.2, -0.15) is 0 Å². The molecule has 2 aliphatic rings. The van der Waals surface area contributed by atoms with Crippen molar-refractivity contribution in [3.8, 4) is 11.3 Å². The Bertz CT molecular complexity index is 1580. The SMILES string of the molecule is C=CC(=O)NC1CCCC1NC(=O)c1sc2nccc3c2c1NC(=O)N3c1ccnc(-c2ccccc2)c1. The van der Waals surface area contributed by atoms with Crippen LogP contribution in [0.5, 0.6) is 0 Å². The van der Waals surface area contributed by atoms with E-state index in [1.165, 1.54) is 17.4 Å². The third-order valence-corrected chi connectivity index (χ3v) is 7.97. The van der Waals surface area contributed by atoms with Crippen molar-refractivity contribution >= 4 is 56.5 Å². The topological polar surface area (TPSA) is 116 Å². The Hall–Kier alpha value is -4.57. The molecule has 1 aromatic carbocycles. The van der Waals surface area contributed by atoms with Gasteiger partial charge < -0.3 is 16.0 Å². The molecule has 0 bridgehead atoms. The molecule has 2 unspecified atom stereocenters. The molecule has 2 atom stereocenters. The average molecular weight is 525 g/mol. The van der Waals surface area contributed by atoms with Gasteiger partial charge in [0.25, 0.3) is 5.91 Å². The van der Waals surface area contributed by atoms with E-state index in [4.69, 9.17) is 0 Å². The molecule has 1 fully saturated rings. The Morgan fingerprint density at radius 3 is 2.61 bits per heavy atom. The van der Waals surface area contributed by atoms with E-state index in [-0.39, 0.29) is 29.9 Å². The van der Waals surface area contributed by atoms with Gasteiger partial charge in [0.05, 0.1) is 28.1 Å². The molecule has 1 aliphatic carbocycles. The highest BCUT2D eigenvalue weighted by Gasteiger charge is 2.35. The Kier molecular flexibility index (Phi) is 6.09. The van der Waals surface area contributed by atoms with Gasteiger partial charge >= 0.3 is 6.03 Å². The van der Waals surface area contributed by atoms with Crippen molar-refractivity contribution in [2.75, 3.05) is 10.2 Å². The Labute approximate surface area is 222 Å². The van der Waals surface area contributed by atoms with Crippen LogP contribution in [-0.4, -0.2) is 39.9 Å². The lowest BCUT2D eigenvalue weighted by Crippen LogP contribution is -2.48. The molecule has 190 valence electrons. The molecule has 0 radical (unpaired) electrons. The van der Waals surface area contributed by atoms with Gasteiger partial charge in [-0.1, -0.05) is 36.9 Å². The maximum absolute atomic E-state index is 13.5. The van der Waals surface area contributed by atoms with Gasteiger partial charge in [-0.15, -0.1) is 11.3 Å². The molecule has 6 rings (SSSR count). The number of amides is 4. The lowest BCUT2D eigenvalue weighted by Gasteiger charge is -2.28. The normalized spacial score (nSPS) is 18.2. The summed E-state index contributed by atoms with van der Waals surface area (Å²) >= 11 is 1.23. The van der Waals surface area contributed by atoms with Crippen LogP contribution in [0.4, 0.5) is 21.9 Å². The van der Waals surface area contributed by atoms with Crippen LogP contribution in [0.3, 0.4) is 0 Å². The Morgan fingerprint density at radius 1 is 1.05 bits per heavy atom. The highest BCUT2D eigenvalue weighted by molar-refractivity contribution is 7.21. The number of nitrogens with zero attached hydrogens (tertiary/aromatic N) is 3. The highest BCUT2D eigenvalue weighted by atomic mass is 32.1. The summed E-state index contributed by atoms with van der Waals surface area (Å²) in [4.78, 5) is 50.3. The fourth-order valence-electron chi connectivity index (χ4n) is 5.11. The van der Waals surface area contributed by atoms with E-state index in [1.54, 1.807) is 29.4 Å². The van der Waals surface area contributed by atoms with Crippen molar-refractivity contribution in [2.24, 2.45) is 0 Å². The molecule has 0 saturated heterocycles. The van der Waals surface area contributed by atoms with Crippen LogP contribution in [0.25, 0.3) is 21.5 Å². The fourth-order valence-corrected chi connectivity index (χ4v) is 6.13. The quantitative estimate of drug-likeness (QED) is 0.307. The lowest BCUT2D eigenvalue weighted by atomic mass is 10.1. The van der Waals surface area contributed by atoms with Gasteiger partial charge in [-0.25, -0.2) is 9.78 Å². The van der Waals surface area contributed by atoms with Crippen molar-refractivity contribution in [1.29, 1.82) is 0 Å². The number of anilines is 3. The summed E-state index contributed by atoms with van der Waals surface area (Å²) in [5, 5.41) is 9.60. The van der Waals surface area contributed by atoms with Gasteiger partial charge in [0.15, 0.2) is 0 Å². The second-order valence-electron chi connectivity index (χ2n) is 9.18. The standard InChI is InChI=1S/C28H24N6O3S/c1-2-22(35)31-18-9-6-10-19(18)32-26(36)25-24-23-21(12-14-30-27(23)38-25)34(28(37)33-24)17-11-13-29-20(15-17)16-7-4-3-5-8-16/h2-5,7-8,11-15,18-19H,1,6,9-10H2,(H,31,35)(H,32,36)(H,33,37). The van der Waals surface area contributed by atoms with Crippen LogP contribution in [0.1, 0.15) is 28.9 Å². The zero-order chi connectivity index (χ0) is 26.2. The summed E-state index contributed by atoms with van der Waals surface area (Å²) in [7, 11) is 0. The van der Waals surface area contributed by atoms with Crippen molar-refractivity contribution in [1.82, 2.24) is 20.6 Å². The first-order valence-corrected chi connectivity index (χ1v) is 13.1. The minimum atomic E-state index is -0.375. The van der Waals surface area contributed by atoms with Crippen molar-refractivity contribution in [2.45, 2.75) is 31.3 Å². The maximum atomic E-state index is 13.5. The lowest BCUT2D eigenvalue weighted by molar-refractivity contribution is -0.117. The number of carbonyl (C=O) groups excluding carboxylic acids is 3. The van der Waals surface area contributed by atoms with E-state index >= 15 is 0 Å². The van der Waals surface area contributed by atoms with Crippen LogP contribution in [0, 0.1) is 0 Å². The predicted molar refractivity (Wildman–Crippen MR) is 148 cm³/mol. The Balaban J connectivity index is 1.34. The molecule has 3 aromatic heterocycles. The van der Waals surface area contributed by atoms with Crippen molar-refractivity contribution in [3.63, 3.8) is 0 Å². The van der Waals surface area contributed by atoms with E-state index in [9.17, 15) is 14.4 Å². The number of rotatable bonds is 6. The molecule has 4 heterocycles. The number of aromatic nitrogens is 2. The number of pyridine rings is 2. The third kappa shape index (κ3) is 4.18. The molecule has 4 aromatic rings. The number of nitrogens with one attached hydrogen (secondary N) is 3. The zero-order valence-electron chi connectivity index (χ0n) is 20.3. The molecule has 1 aliphatic heterocycles. The molecule has 10 heteroatoms. The smallest absolute Gasteiger partial charge is 0.331 e. The summed E-state index contributed by atoms with van der Waals surface area (Å²) < 4.78 is 0. The number of hydrogen-bond donors (Lipinski definition) is 3. The number of carbonyl (C=O) groups is 3. The number of thiophene rings is 1. The number of benzene rings is 1. The fraction of sp³-hybridized carbons (Fsp3) is 0.179. The predicted octanol–water partition coefficient (Wildman–Crippen LogP) is 5.00. The van der Waals surface area contributed by atoms with E-state index in [0.29, 0.717) is 32.2 Å². The van der Waals surface area contributed by atoms with Gasteiger partial charge in [0.1, 0.15) is 9.71 Å². The second-order valence-corrected chi connectivity index (χ2v) is 10.2. The van der Waals surface area contributed by atoms with Crippen molar-refractivity contribution in [3.05, 3.63) is 78.5 Å². The van der Waals surface area contributed by atoms with E-state index in [0.717, 1.165) is 30.5 Å². The summed E-state index contributed by atoms with van der Waals surface area (Å²) in [5.74, 6) is -0.566. The first-order valence-electron chi connectivity index (χ1n) is 12.3. The van der Waals surface area contributed by atoms with Gasteiger partial charge in [0, 0.05) is 30.0 Å². The molecule has 9 nitrogen and oxygen atoms in total. The molecule has 3 N–H and O–H groups in total. The molecule has 0 spiro atoms. The molecule has 4 amide bonds. The number of urea groups is 1. The monoisotopic (exact) mass is 524 g/mol. The first kappa shape index (κ1) is 23.8. The molecular weight excluding hydrogens is 500 g/mol. The number of hydrogen-bond acceptors (Lipinski definition) is 6. The maximum Gasteiger partial charge on any atom is 0.331 e. The van der Waals surface area contributed by atoms with Crippen molar-refractivity contribution < 1.29 is 14.4 Å². The van der Waals surface area contributed by atoms with E-state index in [2.05, 4.69) is 32.5 Å². The summed E-state index contributed by atoms with van der Waals surface area (Å²) in [6.07, 6.45) is 6.96. The largest absolute Gasteiger partial charge is 0.348 e. The minimum Gasteiger partial charge on any atom is -0.348 e. The van der Waals surface area contributed by atoms with Gasteiger partial charge in [-0.3, -0.25) is 19.5 Å². The minimum absolute atomic E-state index is 0.167. The summed E-state index contributed by atoms with van der Waals surface area (Å²) in [6, 6.07) is 14.4. The van der Waals surface area contributed by atoms with Crippen LogP contribution >= 0.6 is 11.3 Å². The average Bonchev–Trinajstić information content (AvgIpc) is 3.54. The zero-order valence-corrected chi connectivity index (χ0v) is 21.1. The Morgan fingerprint density at radius 2 is 1.82 bits per heavy atom. The van der Waals surface area contributed by atoms with E-state index in [1.807, 2.05) is 36.4 Å². The molecular formula is C28H24N6O3S. The van der Waals surface area contributed by atoms with Crippen LogP contribution in [0.15, 0.2) is 73.6 Å². The van der Waals surface area contributed by atoms with Gasteiger partial charge in [-0.05, 0) is 43.5 Å². The third-order valence-electron chi connectivity index (χ3n) is 6.87. The first-order chi connectivity index (χ1) is 18.5. The second kappa shape index (κ2) is 9.71. The van der Waals surface area contributed by atoms with Crippen LogP contribution in [-0.2, 0) is 4.79 Å². The van der Waals surface area contributed by atoms with Crippen LogP contribution in [0.2, 0.25) is 0 Å². The van der Waals surface area contributed by atoms with Gasteiger partial charge in [0.2, 0.25) is 5.91 Å². The summed E-state index contributed by atoms with van der Waals surface area (Å²) in [6.45, 7) is 3.50. The molecule has 38 heavy (non-hydrogen) atoms. The van der Waals surface area contributed by atoms with E-state index < -0.39 is 0 Å².